The number of hydrogen-bond acceptors (Lipinski definition) is 3. The topological polar surface area (TPSA) is 24.9 Å². The average Bonchev–Trinajstić information content (AvgIpc) is 2.97. The van der Waals surface area contributed by atoms with Crippen LogP contribution in [0, 0.1) is 0 Å². The monoisotopic (exact) mass is 230 g/mol. The van der Waals surface area contributed by atoms with Gasteiger partial charge in [-0.2, -0.15) is 11.3 Å². The van der Waals surface area contributed by atoms with Crippen LogP contribution in [0.2, 0.25) is 0 Å². The minimum absolute atomic E-state index is 0.893. The van der Waals surface area contributed by atoms with Crippen LogP contribution in [0.15, 0.2) is 29.1 Å². The Hall–Kier alpha value is -1.35. The van der Waals surface area contributed by atoms with E-state index in [0.717, 1.165) is 18.7 Å². The van der Waals surface area contributed by atoms with Gasteiger partial charge >= 0.3 is 0 Å². The number of aryl methyl sites for hydroxylation is 2. The van der Waals surface area contributed by atoms with E-state index in [2.05, 4.69) is 33.2 Å². The molecule has 2 aromatic rings. The fourth-order valence-corrected chi connectivity index (χ4v) is 2.79. The van der Waals surface area contributed by atoms with Gasteiger partial charge < -0.3 is 5.32 Å². The zero-order valence-corrected chi connectivity index (χ0v) is 9.89. The third kappa shape index (κ3) is 1.95. The van der Waals surface area contributed by atoms with E-state index in [1.807, 2.05) is 6.20 Å². The first-order valence-corrected chi connectivity index (χ1v) is 6.59. The number of thiophene rings is 1. The van der Waals surface area contributed by atoms with Gasteiger partial charge in [0.15, 0.2) is 0 Å². The van der Waals surface area contributed by atoms with Crippen molar-refractivity contribution in [1.82, 2.24) is 4.98 Å². The molecule has 16 heavy (non-hydrogen) atoms. The molecular formula is C13H14N2S. The second kappa shape index (κ2) is 4.26. The lowest BCUT2D eigenvalue weighted by molar-refractivity contribution is 0.899. The smallest absolute Gasteiger partial charge is 0.0532 e. The summed E-state index contributed by atoms with van der Waals surface area (Å²) in [4.78, 5) is 4.50. The maximum atomic E-state index is 4.50. The Bertz CT molecular complexity index is 477. The van der Waals surface area contributed by atoms with E-state index in [1.54, 1.807) is 11.3 Å². The zero-order chi connectivity index (χ0) is 10.8. The van der Waals surface area contributed by atoms with Crippen LogP contribution in [0.4, 0.5) is 5.69 Å². The highest BCUT2D eigenvalue weighted by molar-refractivity contribution is 7.07. The molecule has 2 heterocycles. The normalized spacial score (nSPS) is 13.8. The van der Waals surface area contributed by atoms with E-state index in [4.69, 9.17) is 0 Å². The summed E-state index contributed by atoms with van der Waals surface area (Å²) in [5.41, 5.74) is 5.20. The number of hydrogen-bond donors (Lipinski definition) is 1. The molecule has 0 saturated heterocycles. The Morgan fingerprint density at radius 2 is 2.38 bits per heavy atom. The summed E-state index contributed by atoms with van der Waals surface area (Å²) in [5, 5.41) is 7.70. The minimum atomic E-state index is 0.893. The third-order valence-electron chi connectivity index (χ3n) is 3.00. The van der Waals surface area contributed by atoms with E-state index in [-0.39, 0.29) is 0 Å². The van der Waals surface area contributed by atoms with Crippen molar-refractivity contribution in [3.63, 3.8) is 0 Å². The number of aromatic nitrogens is 1. The van der Waals surface area contributed by atoms with E-state index < -0.39 is 0 Å². The molecule has 0 atom stereocenters. The lowest BCUT2D eigenvalue weighted by Crippen LogP contribution is -2.00. The van der Waals surface area contributed by atoms with Crippen molar-refractivity contribution in [3.8, 4) is 0 Å². The minimum Gasteiger partial charge on any atom is -0.380 e. The molecule has 2 nitrogen and oxygen atoms in total. The number of fused-ring (bicyclic) bond motifs is 1. The highest BCUT2D eigenvalue weighted by Gasteiger charge is 2.11. The summed E-state index contributed by atoms with van der Waals surface area (Å²) < 4.78 is 0. The number of nitrogens with one attached hydrogen (secondary N) is 1. The Kier molecular flexibility index (Phi) is 2.62. The summed E-state index contributed by atoms with van der Waals surface area (Å²) in [7, 11) is 0. The van der Waals surface area contributed by atoms with Crippen LogP contribution in [0.5, 0.6) is 0 Å². The van der Waals surface area contributed by atoms with Crippen molar-refractivity contribution < 1.29 is 0 Å². The van der Waals surface area contributed by atoms with Crippen molar-refractivity contribution in [1.29, 1.82) is 0 Å². The standard InChI is InChI=1S/C13H14N2S/c1-2-11-6-12(8-15-13(11)3-1)14-7-10-4-5-16-9-10/h4-6,8-9,14H,1-3,7H2. The van der Waals surface area contributed by atoms with Crippen LogP contribution in [0.1, 0.15) is 23.2 Å². The number of pyridine rings is 1. The average molecular weight is 230 g/mol. The number of rotatable bonds is 3. The lowest BCUT2D eigenvalue weighted by atomic mass is 10.2. The first-order valence-electron chi connectivity index (χ1n) is 5.64. The van der Waals surface area contributed by atoms with Crippen LogP contribution >= 0.6 is 11.3 Å². The molecule has 0 unspecified atom stereocenters. The fraction of sp³-hybridized carbons (Fsp3) is 0.308. The molecule has 82 valence electrons. The Morgan fingerprint density at radius 1 is 1.38 bits per heavy atom. The van der Waals surface area contributed by atoms with Gasteiger partial charge in [-0.25, -0.2) is 0 Å². The van der Waals surface area contributed by atoms with Crippen molar-refractivity contribution in [2.75, 3.05) is 5.32 Å². The summed E-state index contributed by atoms with van der Waals surface area (Å²) >= 11 is 1.74. The molecule has 1 aliphatic carbocycles. The third-order valence-corrected chi connectivity index (χ3v) is 3.73. The second-order valence-corrected chi connectivity index (χ2v) is 4.95. The largest absolute Gasteiger partial charge is 0.380 e. The molecule has 0 bridgehead atoms. The Balaban J connectivity index is 1.71. The molecule has 0 amide bonds. The Morgan fingerprint density at radius 3 is 3.25 bits per heavy atom. The lowest BCUT2D eigenvalue weighted by Gasteiger charge is -2.06. The zero-order valence-electron chi connectivity index (χ0n) is 9.07. The fourth-order valence-electron chi connectivity index (χ4n) is 2.12. The maximum Gasteiger partial charge on any atom is 0.0532 e. The van der Waals surface area contributed by atoms with Crippen LogP contribution in [-0.2, 0) is 19.4 Å². The summed E-state index contributed by atoms with van der Waals surface area (Å²) in [6, 6.07) is 4.40. The van der Waals surface area contributed by atoms with Gasteiger partial charge in [-0.3, -0.25) is 4.98 Å². The van der Waals surface area contributed by atoms with Gasteiger partial charge in [0.2, 0.25) is 0 Å². The highest BCUT2D eigenvalue weighted by Crippen LogP contribution is 2.22. The molecule has 0 saturated carbocycles. The first-order chi connectivity index (χ1) is 7.92. The molecule has 0 spiro atoms. The summed E-state index contributed by atoms with van der Waals surface area (Å²) in [5.74, 6) is 0. The SMILES string of the molecule is c1cc(CNc2cnc3c(c2)CCC3)cs1. The first kappa shape index (κ1) is 9.85. The van der Waals surface area contributed by atoms with Crippen LogP contribution in [0.3, 0.4) is 0 Å². The van der Waals surface area contributed by atoms with E-state index in [9.17, 15) is 0 Å². The predicted octanol–water partition coefficient (Wildman–Crippen LogP) is 3.24. The Labute approximate surface area is 99.4 Å². The molecule has 0 aliphatic heterocycles. The van der Waals surface area contributed by atoms with E-state index >= 15 is 0 Å². The van der Waals surface area contributed by atoms with Gasteiger partial charge in [0.05, 0.1) is 11.9 Å². The quantitative estimate of drug-likeness (QED) is 0.875. The molecule has 1 N–H and O–H groups in total. The van der Waals surface area contributed by atoms with E-state index in [1.165, 1.54) is 29.7 Å². The van der Waals surface area contributed by atoms with Crippen molar-refractivity contribution >= 4 is 17.0 Å². The highest BCUT2D eigenvalue weighted by atomic mass is 32.1. The number of nitrogens with zero attached hydrogens (tertiary/aromatic N) is 1. The van der Waals surface area contributed by atoms with Crippen LogP contribution in [0.25, 0.3) is 0 Å². The van der Waals surface area contributed by atoms with Gasteiger partial charge in [0, 0.05) is 12.2 Å². The van der Waals surface area contributed by atoms with Gasteiger partial charge in [-0.1, -0.05) is 0 Å². The maximum absolute atomic E-state index is 4.50. The molecule has 0 radical (unpaired) electrons. The van der Waals surface area contributed by atoms with Gasteiger partial charge in [0.25, 0.3) is 0 Å². The predicted molar refractivity (Wildman–Crippen MR) is 67.9 cm³/mol. The van der Waals surface area contributed by atoms with E-state index in [0.29, 0.717) is 0 Å². The molecule has 0 aromatic carbocycles. The molecule has 0 fully saturated rings. The van der Waals surface area contributed by atoms with Crippen LogP contribution < -0.4 is 5.32 Å². The van der Waals surface area contributed by atoms with Gasteiger partial charge in [-0.05, 0) is 53.3 Å². The van der Waals surface area contributed by atoms with Crippen molar-refractivity contribution in [3.05, 3.63) is 45.9 Å². The molecule has 3 heteroatoms. The summed E-state index contributed by atoms with van der Waals surface area (Å²) in [6.07, 6.45) is 5.56. The van der Waals surface area contributed by atoms with Crippen molar-refractivity contribution in [2.24, 2.45) is 0 Å². The summed E-state index contributed by atoms with van der Waals surface area (Å²) in [6.45, 7) is 0.893. The van der Waals surface area contributed by atoms with Gasteiger partial charge in [-0.15, -0.1) is 0 Å². The molecule has 2 aromatic heterocycles. The second-order valence-electron chi connectivity index (χ2n) is 4.17. The van der Waals surface area contributed by atoms with Gasteiger partial charge in [0.1, 0.15) is 0 Å². The molecular weight excluding hydrogens is 216 g/mol. The van der Waals surface area contributed by atoms with Crippen molar-refractivity contribution in [2.45, 2.75) is 25.8 Å². The molecule has 3 rings (SSSR count). The number of anilines is 1. The van der Waals surface area contributed by atoms with Crippen LogP contribution in [-0.4, -0.2) is 4.98 Å². The molecule has 1 aliphatic rings.